The van der Waals surface area contributed by atoms with Gasteiger partial charge in [-0.3, -0.25) is 0 Å². The normalized spacial score (nSPS) is 20.6. The molecule has 1 atom stereocenters. The molecular formula is C12H18ClN3O. The molecule has 94 valence electrons. The van der Waals surface area contributed by atoms with Gasteiger partial charge in [0.1, 0.15) is 17.3 Å². The van der Waals surface area contributed by atoms with Crippen molar-refractivity contribution in [3.63, 3.8) is 0 Å². The number of hydrogen-bond donors (Lipinski definition) is 1. The van der Waals surface area contributed by atoms with E-state index in [-0.39, 0.29) is 6.61 Å². The summed E-state index contributed by atoms with van der Waals surface area (Å²) in [5.74, 6) is 1.51. The maximum atomic E-state index is 9.36. The molecule has 1 unspecified atom stereocenters. The molecule has 1 aliphatic heterocycles. The van der Waals surface area contributed by atoms with Crippen LogP contribution < -0.4 is 4.90 Å². The molecule has 1 saturated heterocycles. The van der Waals surface area contributed by atoms with Crippen molar-refractivity contribution in [1.82, 2.24) is 9.97 Å². The van der Waals surface area contributed by atoms with Crippen molar-refractivity contribution < 1.29 is 5.11 Å². The molecule has 1 aliphatic rings. The SMILES string of the molecule is CCC1CCCN(c2ncnc(Cl)c2CO)C1. The van der Waals surface area contributed by atoms with Crippen LogP contribution in [0.4, 0.5) is 5.82 Å². The number of aliphatic hydroxyl groups is 1. The number of aliphatic hydroxyl groups excluding tert-OH is 1. The lowest BCUT2D eigenvalue weighted by Crippen LogP contribution is -2.36. The minimum Gasteiger partial charge on any atom is -0.391 e. The maximum Gasteiger partial charge on any atom is 0.140 e. The molecule has 4 nitrogen and oxygen atoms in total. The van der Waals surface area contributed by atoms with E-state index >= 15 is 0 Å². The van der Waals surface area contributed by atoms with Gasteiger partial charge in [0.15, 0.2) is 0 Å². The minimum atomic E-state index is -0.109. The fraction of sp³-hybridized carbons (Fsp3) is 0.667. The summed E-state index contributed by atoms with van der Waals surface area (Å²) in [5.41, 5.74) is 0.644. The first-order valence-corrected chi connectivity index (χ1v) is 6.49. The van der Waals surface area contributed by atoms with Crippen LogP contribution in [0.5, 0.6) is 0 Å². The topological polar surface area (TPSA) is 49.2 Å². The zero-order valence-corrected chi connectivity index (χ0v) is 10.8. The van der Waals surface area contributed by atoms with E-state index in [1.807, 2.05) is 0 Å². The molecule has 1 aromatic heterocycles. The van der Waals surface area contributed by atoms with E-state index in [2.05, 4.69) is 21.8 Å². The highest BCUT2D eigenvalue weighted by Crippen LogP contribution is 2.28. The zero-order valence-electron chi connectivity index (χ0n) is 10.1. The summed E-state index contributed by atoms with van der Waals surface area (Å²) >= 11 is 5.98. The fourth-order valence-corrected chi connectivity index (χ4v) is 2.57. The Kier molecular flexibility index (Phi) is 4.18. The fourth-order valence-electron chi connectivity index (χ4n) is 2.38. The maximum absolute atomic E-state index is 9.36. The van der Waals surface area contributed by atoms with Crippen LogP contribution in [0, 0.1) is 5.92 Å². The second kappa shape index (κ2) is 5.65. The summed E-state index contributed by atoms with van der Waals surface area (Å²) in [4.78, 5) is 10.4. The van der Waals surface area contributed by atoms with Gasteiger partial charge in [-0.25, -0.2) is 9.97 Å². The Labute approximate surface area is 107 Å². The molecule has 1 aromatic rings. The Bertz CT molecular complexity index is 386. The average molecular weight is 256 g/mol. The summed E-state index contributed by atoms with van der Waals surface area (Å²) < 4.78 is 0. The van der Waals surface area contributed by atoms with Crippen LogP contribution in [0.2, 0.25) is 5.15 Å². The van der Waals surface area contributed by atoms with Crippen LogP contribution in [0.3, 0.4) is 0 Å². The van der Waals surface area contributed by atoms with E-state index in [0.29, 0.717) is 16.6 Å². The number of hydrogen-bond acceptors (Lipinski definition) is 4. The third kappa shape index (κ3) is 2.69. The molecule has 0 bridgehead atoms. The first-order valence-electron chi connectivity index (χ1n) is 6.11. The van der Waals surface area contributed by atoms with Crippen LogP contribution in [0.25, 0.3) is 0 Å². The summed E-state index contributed by atoms with van der Waals surface area (Å²) in [6.07, 6.45) is 5.10. The third-order valence-electron chi connectivity index (χ3n) is 3.42. The van der Waals surface area contributed by atoms with Crippen molar-refractivity contribution in [3.05, 3.63) is 17.0 Å². The molecular weight excluding hydrogens is 238 g/mol. The van der Waals surface area contributed by atoms with Gasteiger partial charge in [-0.15, -0.1) is 0 Å². The summed E-state index contributed by atoms with van der Waals surface area (Å²) in [7, 11) is 0. The minimum absolute atomic E-state index is 0.109. The zero-order chi connectivity index (χ0) is 12.3. The summed E-state index contributed by atoms with van der Waals surface area (Å²) in [5, 5.41) is 9.72. The van der Waals surface area contributed by atoms with Crippen LogP contribution in [0.15, 0.2) is 6.33 Å². The number of anilines is 1. The largest absolute Gasteiger partial charge is 0.391 e. The van der Waals surface area contributed by atoms with Crippen LogP contribution in [-0.2, 0) is 6.61 Å². The predicted molar refractivity (Wildman–Crippen MR) is 68.2 cm³/mol. The summed E-state index contributed by atoms with van der Waals surface area (Å²) in [6, 6.07) is 0. The Morgan fingerprint density at radius 3 is 3.06 bits per heavy atom. The predicted octanol–water partition coefficient (Wildman–Crippen LogP) is 2.25. The van der Waals surface area contributed by atoms with Gasteiger partial charge in [0.25, 0.3) is 0 Å². The second-order valence-corrected chi connectivity index (χ2v) is 4.85. The third-order valence-corrected chi connectivity index (χ3v) is 3.75. The van der Waals surface area contributed by atoms with Crippen molar-refractivity contribution in [2.45, 2.75) is 32.8 Å². The van der Waals surface area contributed by atoms with Gasteiger partial charge < -0.3 is 10.0 Å². The van der Waals surface area contributed by atoms with Crippen molar-refractivity contribution in [3.8, 4) is 0 Å². The number of piperidine rings is 1. The Balaban J connectivity index is 2.24. The standard InChI is InChI=1S/C12H18ClN3O/c1-2-9-4-3-5-16(6-9)12-10(7-17)11(13)14-8-15-12/h8-9,17H,2-7H2,1H3. The first-order chi connectivity index (χ1) is 8.26. The van der Waals surface area contributed by atoms with Gasteiger partial charge in [0, 0.05) is 13.1 Å². The van der Waals surface area contributed by atoms with Crippen LogP contribution in [0.1, 0.15) is 31.7 Å². The lowest BCUT2D eigenvalue weighted by molar-refractivity contribution is 0.280. The van der Waals surface area contributed by atoms with E-state index in [1.54, 1.807) is 0 Å². The number of nitrogens with zero attached hydrogens (tertiary/aromatic N) is 3. The second-order valence-electron chi connectivity index (χ2n) is 4.49. The van der Waals surface area contributed by atoms with Gasteiger partial charge in [0.2, 0.25) is 0 Å². The average Bonchev–Trinajstić information content (AvgIpc) is 2.38. The Morgan fingerprint density at radius 2 is 2.35 bits per heavy atom. The van der Waals surface area contributed by atoms with Gasteiger partial charge >= 0.3 is 0 Å². The monoisotopic (exact) mass is 255 g/mol. The quantitative estimate of drug-likeness (QED) is 0.842. The van der Waals surface area contributed by atoms with Crippen molar-refractivity contribution in [2.24, 2.45) is 5.92 Å². The molecule has 0 amide bonds. The Hall–Kier alpha value is -0.870. The molecule has 5 heteroatoms. The van der Waals surface area contributed by atoms with E-state index in [9.17, 15) is 5.11 Å². The molecule has 2 heterocycles. The molecule has 2 rings (SSSR count). The van der Waals surface area contributed by atoms with Crippen LogP contribution in [-0.4, -0.2) is 28.2 Å². The molecule has 0 saturated carbocycles. The molecule has 17 heavy (non-hydrogen) atoms. The van der Waals surface area contributed by atoms with Gasteiger partial charge in [0.05, 0.1) is 12.2 Å². The number of halogens is 1. The van der Waals surface area contributed by atoms with E-state index in [0.717, 1.165) is 18.9 Å². The number of rotatable bonds is 3. The molecule has 0 aliphatic carbocycles. The van der Waals surface area contributed by atoms with Gasteiger partial charge in [-0.2, -0.15) is 0 Å². The highest BCUT2D eigenvalue weighted by Gasteiger charge is 2.22. The highest BCUT2D eigenvalue weighted by atomic mass is 35.5. The first kappa shape index (κ1) is 12.6. The van der Waals surface area contributed by atoms with E-state index in [4.69, 9.17) is 11.6 Å². The van der Waals surface area contributed by atoms with Crippen molar-refractivity contribution >= 4 is 17.4 Å². The highest BCUT2D eigenvalue weighted by molar-refractivity contribution is 6.30. The van der Waals surface area contributed by atoms with Gasteiger partial charge in [-0.1, -0.05) is 24.9 Å². The van der Waals surface area contributed by atoms with Gasteiger partial charge in [-0.05, 0) is 18.8 Å². The molecule has 1 N–H and O–H groups in total. The lowest BCUT2D eigenvalue weighted by Gasteiger charge is -2.34. The van der Waals surface area contributed by atoms with E-state index in [1.165, 1.54) is 25.6 Å². The van der Waals surface area contributed by atoms with E-state index < -0.39 is 0 Å². The van der Waals surface area contributed by atoms with Crippen molar-refractivity contribution in [2.75, 3.05) is 18.0 Å². The van der Waals surface area contributed by atoms with Crippen LogP contribution >= 0.6 is 11.6 Å². The smallest absolute Gasteiger partial charge is 0.140 e. The summed E-state index contributed by atoms with van der Waals surface area (Å²) in [6.45, 7) is 4.09. The molecule has 0 radical (unpaired) electrons. The van der Waals surface area contributed by atoms with Crippen molar-refractivity contribution in [1.29, 1.82) is 0 Å². The Morgan fingerprint density at radius 1 is 1.53 bits per heavy atom. The molecule has 1 fully saturated rings. The molecule has 0 aromatic carbocycles. The number of aromatic nitrogens is 2. The lowest BCUT2D eigenvalue weighted by atomic mass is 9.95. The molecule has 0 spiro atoms.